The minimum atomic E-state index is -3.49. The maximum atomic E-state index is 12.4. The molecule has 0 saturated heterocycles. The van der Waals surface area contributed by atoms with Crippen molar-refractivity contribution in [3.05, 3.63) is 46.4 Å². The number of nitrogens with zero attached hydrogens (tertiary/aromatic N) is 1. The molecule has 5 nitrogen and oxygen atoms in total. The third-order valence-corrected chi connectivity index (χ3v) is 5.18. The minimum Gasteiger partial charge on any atom is -0.313 e. The van der Waals surface area contributed by atoms with Gasteiger partial charge >= 0.3 is 0 Å². The molecule has 1 heterocycles. The van der Waals surface area contributed by atoms with E-state index in [0.717, 1.165) is 17.8 Å². The third-order valence-electron chi connectivity index (χ3n) is 2.98. The van der Waals surface area contributed by atoms with Gasteiger partial charge in [-0.15, -0.1) is 11.3 Å². The number of thiazole rings is 1. The van der Waals surface area contributed by atoms with Gasteiger partial charge in [0.15, 0.2) is 0 Å². The van der Waals surface area contributed by atoms with Crippen molar-refractivity contribution >= 4 is 21.4 Å². The summed E-state index contributed by atoms with van der Waals surface area (Å²) in [5.41, 5.74) is 3.43. The smallest absolute Gasteiger partial charge is 0.240 e. The van der Waals surface area contributed by atoms with Gasteiger partial charge in [-0.1, -0.05) is 25.1 Å². The lowest BCUT2D eigenvalue weighted by atomic mass is 10.2. The molecule has 2 aromatic rings. The fourth-order valence-electron chi connectivity index (χ4n) is 1.92. The maximum absolute atomic E-state index is 12.4. The summed E-state index contributed by atoms with van der Waals surface area (Å²) in [5.74, 6) is 0. The van der Waals surface area contributed by atoms with Crippen molar-refractivity contribution in [1.29, 1.82) is 0 Å². The molecule has 0 bridgehead atoms. The first kappa shape index (κ1) is 16.1. The molecular weight excluding hydrogens is 306 g/mol. The van der Waals surface area contributed by atoms with Gasteiger partial charge in [-0.05, 0) is 18.2 Å². The molecule has 7 heteroatoms. The second-order valence-corrected chi connectivity index (χ2v) is 6.97. The largest absolute Gasteiger partial charge is 0.313 e. The summed E-state index contributed by atoms with van der Waals surface area (Å²) in [7, 11) is -3.49. The summed E-state index contributed by atoms with van der Waals surface area (Å²) in [6, 6.07) is 7.06. The highest BCUT2D eigenvalue weighted by molar-refractivity contribution is 7.89. The van der Waals surface area contributed by atoms with E-state index in [-0.39, 0.29) is 0 Å². The van der Waals surface area contributed by atoms with E-state index in [9.17, 15) is 8.42 Å². The van der Waals surface area contributed by atoms with Crippen molar-refractivity contribution < 1.29 is 8.42 Å². The average molecular weight is 325 g/mol. The molecule has 0 radical (unpaired) electrons. The number of hydrogen-bond acceptors (Lipinski definition) is 5. The van der Waals surface area contributed by atoms with Gasteiger partial charge < -0.3 is 5.32 Å². The third kappa shape index (κ3) is 4.60. The molecule has 1 aromatic carbocycles. The normalized spacial score (nSPS) is 11.7. The maximum Gasteiger partial charge on any atom is 0.240 e. The zero-order valence-electron chi connectivity index (χ0n) is 11.9. The molecule has 114 valence electrons. The number of sulfonamides is 1. The topological polar surface area (TPSA) is 71.1 Å². The molecule has 0 atom stereocenters. The fourth-order valence-corrected chi connectivity index (χ4v) is 3.79. The lowest BCUT2D eigenvalue weighted by Gasteiger charge is -2.11. The molecule has 0 aliphatic heterocycles. The summed E-state index contributed by atoms with van der Waals surface area (Å²) in [5, 5.41) is 5.08. The van der Waals surface area contributed by atoms with Crippen LogP contribution in [0.3, 0.4) is 0 Å². The molecule has 0 amide bonds. The predicted molar refractivity (Wildman–Crippen MR) is 84.8 cm³/mol. The fraction of sp³-hybridized carbons (Fsp3) is 0.357. The predicted octanol–water partition coefficient (Wildman–Crippen LogP) is 1.77. The van der Waals surface area contributed by atoms with Crippen LogP contribution in [-0.2, 0) is 23.0 Å². The lowest BCUT2D eigenvalue weighted by Crippen LogP contribution is -2.27. The first-order valence-corrected chi connectivity index (χ1v) is 9.21. The van der Waals surface area contributed by atoms with E-state index in [1.807, 2.05) is 24.4 Å². The van der Waals surface area contributed by atoms with Crippen LogP contribution in [0, 0.1) is 0 Å². The number of nitrogens with one attached hydrogen (secondary N) is 2. The Morgan fingerprint density at radius 3 is 2.81 bits per heavy atom. The number of aromatic nitrogens is 1. The van der Waals surface area contributed by atoms with E-state index >= 15 is 0 Å². The Balaban J connectivity index is 2.04. The molecule has 0 unspecified atom stereocenters. The van der Waals surface area contributed by atoms with Crippen molar-refractivity contribution in [3.63, 3.8) is 0 Å². The Kier molecular flexibility index (Phi) is 5.86. The van der Waals surface area contributed by atoms with E-state index < -0.39 is 10.0 Å². The highest BCUT2D eigenvalue weighted by Gasteiger charge is 2.17. The zero-order chi connectivity index (χ0) is 15.1. The molecule has 0 aliphatic carbocycles. The van der Waals surface area contributed by atoms with E-state index in [1.54, 1.807) is 17.6 Å². The summed E-state index contributed by atoms with van der Waals surface area (Å²) < 4.78 is 27.4. The van der Waals surface area contributed by atoms with Crippen molar-refractivity contribution in [1.82, 2.24) is 15.0 Å². The SMILES string of the molecule is CCNCc1ccccc1S(=O)(=O)NCCc1cscn1. The Labute approximate surface area is 129 Å². The summed E-state index contributed by atoms with van der Waals surface area (Å²) >= 11 is 1.51. The van der Waals surface area contributed by atoms with Gasteiger partial charge in [0.25, 0.3) is 0 Å². The molecule has 0 spiro atoms. The number of hydrogen-bond donors (Lipinski definition) is 2. The molecule has 2 N–H and O–H groups in total. The first-order valence-electron chi connectivity index (χ1n) is 6.79. The number of rotatable bonds is 8. The van der Waals surface area contributed by atoms with E-state index in [2.05, 4.69) is 15.0 Å². The van der Waals surface area contributed by atoms with Crippen molar-refractivity contribution in [2.24, 2.45) is 0 Å². The minimum absolute atomic E-state index is 0.337. The second-order valence-electron chi connectivity index (χ2n) is 4.52. The second kappa shape index (κ2) is 7.65. The van der Waals surface area contributed by atoms with Crippen LogP contribution in [0.15, 0.2) is 40.1 Å². The Hall–Kier alpha value is -1.28. The first-order chi connectivity index (χ1) is 10.1. The standard InChI is InChI=1S/C14H19N3O2S2/c1-2-15-9-12-5-3-4-6-14(12)21(18,19)17-8-7-13-10-20-11-16-13/h3-6,10-11,15,17H,2,7-9H2,1H3. The van der Waals surface area contributed by atoms with Crippen molar-refractivity contribution in [3.8, 4) is 0 Å². The van der Waals surface area contributed by atoms with Gasteiger partial charge in [-0.2, -0.15) is 0 Å². The van der Waals surface area contributed by atoms with Crippen LogP contribution in [0.2, 0.25) is 0 Å². The highest BCUT2D eigenvalue weighted by atomic mass is 32.2. The molecule has 2 rings (SSSR count). The van der Waals surface area contributed by atoms with E-state index in [0.29, 0.717) is 24.4 Å². The average Bonchev–Trinajstić information content (AvgIpc) is 2.98. The Bertz CT molecular complexity index is 655. The van der Waals surface area contributed by atoms with E-state index in [1.165, 1.54) is 11.3 Å². The van der Waals surface area contributed by atoms with Crippen LogP contribution in [0.5, 0.6) is 0 Å². The monoisotopic (exact) mass is 325 g/mol. The molecule has 0 aliphatic rings. The van der Waals surface area contributed by atoms with Gasteiger partial charge in [0, 0.05) is 24.9 Å². The highest BCUT2D eigenvalue weighted by Crippen LogP contribution is 2.15. The summed E-state index contributed by atoms with van der Waals surface area (Å²) in [4.78, 5) is 4.48. The molecule has 21 heavy (non-hydrogen) atoms. The quantitative estimate of drug-likeness (QED) is 0.776. The Morgan fingerprint density at radius 1 is 1.29 bits per heavy atom. The van der Waals surface area contributed by atoms with Crippen molar-refractivity contribution in [2.45, 2.75) is 24.8 Å². The van der Waals surface area contributed by atoms with Crippen LogP contribution in [0.4, 0.5) is 0 Å². The molecular formula is C14H19N3O2S2. The van der Waals surface area contributed by atoms with Crippen LogP contribution < -0.4 is 10.0 Å². The summed E-state index contributed by atoms with van der Waals surface area (Å²) in [6.45, 7) is 3.68. The van der Waals surface area contributed by atoms with Gasteiger partial charge in [0.05, 0.1) is 16.1 Å². The van der Waals surface area contributed by atoms with Gasteiger partial charge in [-0.25, -0.2) is 18.1 Å². The number of benzene rings is 1. The Morgan fingerprint density at radius 2 is 2.10 bits per heavy atom. The van der Waals surface area contributed by atoms with Crippen LogP contribution in [0.25, 0.3) is 0 Å². The molecule has 1 aromatic heterocycles. The molecule has 0 saturated carbocycles. The van der Waals surface area contributed by atoms with Gasteiger partial charge in [0.1, 0.15) is 0 Å². The van der Waals surface area contributed by atoms with Crippen LogP contribution in [0.1, 0.15) is 18.2 Å². The van der Waals surface area contributed by atoms with Crippen molar-refractivity contribution in [2.75, 3.05) is 13.1 Å². The van der Waals surface area contributed by atoms with Crippen LogP contribution >= 0.6 is 11.3 Å². The van der Waals surface area contributed by atoms with Crippen LogP contribution in [-0.4, -0.2) is 26.5 Å². The van der Waals surface area contributed by atoms with Gasteiger partial charge in [0.2, 0.25) is 10.0 Å². The summed E-state index contributed by atoms with van der Waals surface area (Å²) in [6.07, 6.45) is 0.595. The van der Waals surface area contributed by atoms with Gasteiger partial charge in [-0.3, -0.25) is 0 Å². The lowest BCUT2D eigenvalue weighted by molar-refractivity contribution is 0.579. The zero-order valence-corrected chi connectivity index (χ0v) is 13.5. The van der Waals surface area contributed by atoms with E-state index in [4.69, 9.17) is 0 Å². The molecule has 0 fully saturated rings.